The zero-order chi connectivity index (χ0) is 15.0. The van der Waals surface area contributed by atoms with Gasteiger partial charge in [-0.15, -0.1) is 0 Å². The fourth-order valence-electron chi connectivity index (χ4n) is 4.01. The predicted octanol–water partition coefficient (Wildman–Crippen LogP) is 3.60. The molecule has 0 spiro atoms. The third-order valence-corrected chi connectivity index (χ3v) is 5.52. The summed E-state index contributed by atoms with van der Waals surface area (Å²) in [4.78, 5) is 14.5. The van der Waals surface area contributed by atoms with Gasteiger partial charge in [-0.2, -0.15) is 0 Å². The van der Waals surface area contributed by atoms with Crippen LogP contribution < -0.4 is 5.32 Å². The number of halogens is 1. The Morgan fingerprint density at radius 2 is 2.00 bits per heavy atom. The molecule has 1 aliphatic carbocycles. The van der Waals surface area contributed by atoms with Gasteiger partial charge in [0.25, 0.3) is 0 Å². The highest BCUT2D eigenvalue weighted by Crippen LogP contribution is 2.40. The van der Waals surface area contributed by atoms with Crippen molar-refractivity contribution in [1.29, 1.82) is 0 Å². The first kappa shape index (κ1) is 14.9. The van der Waals surface area contributed by atoms with Crippen LogP contribution in [0.25, 0.3) is 0 Å². The number of nitrogens with zero attached hydrogens (tertiary/aromatic N) is 1. The van der Waals surface area contributed by atoms with E-state index in [4.69, 9.17) is 11.6 Å². The van der Waals surface area contributed by atoms with Crippen molar-refractivity contribution in [3.8, 4) is 0 Å². The number of hydrogen-bond donors (Lipinski definition) is 1. The number of hydrogen-bond acceptors (Lipinski definition) is 2. The molecule has 1 N–H and O–H groups in total. The second kappa shape index (κ2) is 5.98. The summed E-state index contributed by atoms with van der Waals surface area (Å²) in [6, 6.07) is 8.18. The highest BCUT2D eigenvalue weighted by Gasteiger charge is 2.43. The second-order valence-electron chi connectivity index (χ2n) is 6.31. The smallest absolute Gasteiger partial charge is 0.238 e. The molecule has 0 aromatic heterocycles. The first-order valence-corrected chi connectivity index (χ1v) is 8.29. The topological polar surface area (TPSA) is 32.3 Å². The molecule has 3 nitrogen and oxygen atoms in total. The van der Waals surface area contributed by atoms with Crippen molar-refractivity contribution in [2.24, 2.45) is 11.8 Å². The maximum absolute atomic E-state index is 12.4. The molecule has 1 saturated carbocycles. The van der Waals surface area contributed by atoms with Crippen molar-refractivity contribution in [1.82, 2.24) is 10.2 Å². The monoisotopic (exact) mass is 306 g/mol. The molecule has 1 aromatic rings. The molecule has 1 aromatic carbocycles. The zero-order valence-electron chi connectivity index (χ0n) is 12.7. The molecular weight excluding hydrogens is 284 g/mol. The molecule has 114 valence electrons. The van der Waals surface area contributed by atoms with Crippen LogP contribution in [0.4, 0.5) is 0 Å². The summed E-state index contributed by atoms with van der Waals surface area (Å²) in [5.41, 5.74) is 1.12. The van der Waals surface area contributed by atoms with E-state index in [1.807, 2.05) is 24.3 Å². The van der Waals surface area contributed by atoms with Crippen LogP contribution in [0, 0.1) is 11.8 Å². The van der Waals surface area contributed by atoms with E-state index < -0.39 is 0 Å². The summed E-state index contributed by atoms with van der Waals surface area (Å²) >= 11 is 5.97. The van der Waals surface area contributed by atoms with Gasteiger partial charge in [-0.3, -0.25) is 10.1 Å². The molecule has 0 radical (unpaired) electrons. The summed E-state index contributed by atoms with van der Waals surface area (Å²) in [5.74, 6) is 1.55. The maximum atomic E-state index is 12.4. The van der Waals surface area contributed by atoms with Crippen molar-refractivity contribution in [2.45, 2.75) is 45.3 Å². The third kappa shape index (κ3) is 2.69. The Labute approximate surface area is 131 Å². The lowest BCUT2D eigenvalue weighted by Gasteiger charge is -2.34. The minimum absolute atomic E-state index is 0.00202. The number of carbonyl (C=O) groups is 1. The zero-order valence-corrected chi connectivity index (χ0v) is 13.4. The van der Waals surface area contributed by atoms with Gasteiger partial charge in [-0.25, -0.2) is 0 Å². The fourth-order valence-corrected chi connectivity index (χ4v) is 4.14. The van der Waals surface area contributed by atoms with Gasteiger partial charge in [0.05, 0.1) is 6.54 Å². The summed E-state index contributed by atoms with van der Waals surface area (Å²) in [5, 5.41) is 4.09. The van der Waals surface area contributed by atoms with Crippen LogP contribution in [0.15, 0.2) is 24.3 Å². The molecule has 2 aliphatic rings. The Bertz CT molecular complexity index is 516. The van der Waals surface area contributed by atoms with Gasteiger partial charge in [0.15, 0.2) is 0 Å². The predicted molar refractivity (Wildman–Crippen MR) is 85.0 cm³/mol. The molecule has 4 unspecified atom stereocenters. The summed E-state index contributed by atoms with van der Waals surface area (Å²) in [6.07, 6.45) is 3.56. The quantitative estimate of drug-likeness (QED) is 0.925. The van der Waals surface area contributed by atoms with Crippen LogP contribution in [-0.2, 0) is 4.79 Å². The second-order valence-corrected chi connectivity index (χ2v) is 6.74. The molecule has 1 aliphatic heterocycles. The van der Waals surface area contributed by atoms with E-state index in [-0.39, 0.29) is 12.1 Å². The average molecular weight is 307 g/mol. The Kier molecular flexibility index (Phi) is 4.23. The SMILES string of the molecule is CCC1CCC(N2C(=O)CNC2c2ccc(Cl)cc2)C1C. The van der Waals surface area contributed by atoms with E-state index in [1.165, 1.54) is 12.8 Å². The summed E-state index contributed by atoms with van der Waals surface area (Å²) in [7, 11) is 0. The highest BCUT2D eigenvalue weighted by molar-refractivity contribution is 6.30. The summed E-state index contributed by atoms with van der Waals surface area (Å²) in [6.45, 7) is 4.99. The van der Waals surface area contributed by atoms with E-state index in [0.29, 0.717) is 18.5 Å². The van der Waals surface area contributed by atoms with Crippen LogP contribution in [0.5, 0.6) is 0 Å². The van der Waals surface area contributed by atoms with E-state index in [0.717, 1.165) is 22.9 Å². The van der Waals surface area contributed by atoms with Crippen LogP contribution >= 0.6 is 11.6 Å². The van der Waals surface area contributed by atoms with Gasteiger partial charge < -0.3 is 4.90 Å². The van der Waals surface area contributed by atoms with Gasteiger partial charge >= 0.3 is 0 Å². The van der Waals surface area contributed by atoms with Crippen LogP contribution in [-0.4, -0.2) is 23.4 Å². The minimum atomic E-state index is -0.00202. The van der Waals surface area contributed by atoms with Crippen molar-refractivity contribution < 1.29 is 4.79 Å². The Hall–Kier alpha value is -1.06. The normalized spacial score (nSPS) is 32.9. The molecule has 3 rings (SSSR count). The standard InChI is InChI=1S/C17H23ClN2O/c1-3-12-6-9-15(11(12)2)20-16(21)10-19-17(20)13-4-7-14(18)8-5-13/h4-5,7-8,11-12,15,17,19H,3,6,9-10H2,1-2H3. The number of amides is 1. The lowest BCUT2D eigenvalue weighted by atomic mass is 9.92. The van der Waals surface area contributed by atoms with Gasteiger partial charge in [0.1, 0.15) is 6.17 Å². The molecule has 21 heavy (non-hydrogen) atoms. The Balaban J connectivity index is 1.85. The molecule has 0 bridgehead atoms. The maximum Gasteiger partial charge on any atom is 0.238 e. The number of carbonyl (C=O) groups excluding carboxylic acids is 1. The molecular formula is C17H23ClN2O. The number of rotatable bonds is 3. The van der Waals surface area contributed by atoms with Gasteiger partial charge in [0, 0.05) is 11.1 Å². The summed E-state index contributed by atoms with van der Waals surface area (Å²) < 4.78 is 0. The van der Waals surface area contributed by atoms with Crippen molar-refractivity contribution >= 4 is 17.5 Å². The van der Waals surface area contributed by atoms with Crippen LogP contribution in [0.1, 0.15) is 44.8 Å². The Morgan fingerprint density at radius 3 is 2.62 bits per heavy atom. The highest BCUT2D eigenvalue weighted by atomic mass is 35.5. The van der Waals surface area contributed by atoms with Crippen molar-refractivity contribution in [3.63, 3.8) is 0 Å². The van der Waals surface area contributed by atoms with E-state index in [1.54, 1.807) is 0 Å². The molecule has 1 amide bonds. The number of nitrogens with one attached hydrogen (secondary N) is 1. The number of benzene rings is 1. The average Bonchev–Trinajstić information content (AvgIpc) is 3.02. The van der Waals surface area contributed by atoms with Gasteiger partial charge in [-0.1, -0.05) is 44.0 Å². The molecule has 4 heteroatoms. The van der Waals surface area contributed by atoms with Crippen LogP contribution in [0.2, 0.25) is 5.02 Å². The van der Waals surface area contributed by atoms with E-state index in [2.05, 4.69) is 24.1 Å². The van der Waals surface area contributed by atoms with E-state index in [9.17, 15) is 4.79 Å². The van der Waals surface area contributed by atoms with Crippen molar-refractivity contribution in [3.05, 3.63) is 34.9 Å². The van der Waals surface area contributed by atoms with Crippen molar-refractivity contribution in [2.75, 3.05) is 6.54 Å². The molecule has 1 saturated heterocycles. The molecule has 4 atom stereocenters. The first-order valence-electron chi connectivity index (χ1n) is 7.91. The Morgan fingerprint density at radius 1 is 1.29 bits per heavy atom. The van der Waals surface area contributed by atoms with Gasteiger partial charge in [0.2, 0.25) is 5.91 Å². The third-order valence-electron chi connectivity index (χ3n) is 5.26. The molecule has 2 fully saturated rings. The van der Waals surface area contributed by atoms with E-state index >= 15 is 0 Å². The van der Waals surface area contributed by atoms with Crippen LogP contribution in [0.3, 0.4) is 0 Å². The largest absolute Gasteiger partial charge is 0.319 e. The van der Waals surface area contributed by atoms with Gasteiger partial charge in [-0.05, 0) is 42.4 Å². The lowest BCUT2D eigenvalue weighted by Crippen LogP contribution is -2.41. The molecule has 1 heterocycles. The first-order chi connectivity index (χ1) is 10.1. The lowest BCUT2D eigenvalue weighted by molar-refractivity contribution is -0.131. The minimum Gasteiger partial charge on any atom is -0.319 e. The fraction of sp³-hybridized carbons (Fsp3) is 0.588.